The van der Waals surface area contributed by atoms with Crippen LogP contribution < -0.4 is 0 Å². The number of aromatic nitrogens is 2. The summed E-state index contributed by atoms with van der Waals surface area (Å²) in [5, 5.41) is 0. The molecular weight excluding hydrogens is 148 g/mol. The first-order valence-electron chi connectivity index (χ1n) is 3.85. The molecule has 2 aromatic rings. The molecule has 0 aliphatic carbocycles. The van der Waals surface area contributed by atoms with Gasteiger partial charge in [-0.1, -0.05) is 18.2 Å². The molecule has 0 saturated heterocycles. The second kappa shape index (κ2) is 2.81. The maximum atomic E-state index is 3.88. The second-order valence-corrected chi connectivity index (χ2v) is 2.68. The molecule has 1 aromatic heterocycles. The average molecular weight is 157 g/mol. The van der Waals surface area contributed by atoms with Crippen molar-refractivity contribution in [3.8, 4) is 5.69 Å². The van der Waals surface area contributed by atoms with E-state index in [1.807, 2.05) is 29.0 Å². The van der Waals surface area contributed by atoms with Crippen LogP contribution in [-0.2, 0) is 0 Å². The standard InChI is InChI=1S/C10H9N2/c1-9-4-2-3-5-10(9)12-7-6-11-8-12/h2-7H,1H3. The smallest absolute Gasteiger partial charge is 0.181 e. The molecule has 2 heteroatoms. The van der Waals surface area contributed by atoms with Gasteiger partial charge < -0.3 is 0 Å². The number of benzene rings is 1. The highest BCUT2D eigenvalue weighted by atomic mass is 15.0. The van der Waals surface area contributed by atoms with E-state index in [1.54, 1.807) is 6.20 Å². The lowest BCUT2D eigenvalue weighted by molar-refractivity contribution is 1.03. The van der Waals surface area contributed by atoms with Gasteiger partial charge in [0.15, 0.2) is 6.33 Å². The fraction of sp³-hybridized carbons (Fsp3) is 0.100. The fourth-order valence-corrected chi connectivity index (χ4v) is 1.20. The molecule has 0 aliphatic heterocycles. The minimum absolute atomic E-state index is 1.13. The summed E-state index contributed by atoms with van der Waals surface area (Å²) in [7, 11) is 0. The normalized spacial score (nSPS) is 10.1. The maximum Gasteiger partial charge on any atom is 0.181 e. The molecule has 1 heterocycles. The Morgan fingerprint density at radius 1 is 1.33 bits per heavy atom. The number of hydrogen-bond donors (Lipinski definition) is 0. The lowest BCUT2D eigenvalue weighted by atomic mass is 10.2. The Labute approximate surface area is 71.5 Å². The lowest BCUT2D eigenvalue weighted by Gasteiger charge is -2.03. The quantitative estimate of drug-likeness (QED) is 0.619. The highest BCUT2D eigenvalue weighted by Crippen LogP contribution is 2.11. The third-order valence-corrected chi connectivity index (χ3v) is 1.83. The van der Waals surface area contributed by atoms with Gasteiger partial charge in [-0.25, -0.2) is 4.98 Å². The lowest BCUT2D eigenvalue weighted by Crippen LogP contribution is -1.92. The fourth-order valence-electron chi connectivity index (χ4n) is 1.20. The summed E-state index contributed by atoms with van der Waals surface area (Å²) in [6.07, 6.45) is 6.48. The van der Waals surface area contributed by atoms with Crippen molar-refractivity contribution >= 4 is 0 Å². The molecule has 0 saturated carbocycles. The summed E-state index contributed by atoms with van der Waals surface area (Å²) in [5.74, 6) is 0. The first-order valence-corrected chi connectivity index (χ1v) is 3.85. The minimum atomic E-state index is 1.13. The summed E-state index contributed by atoms with van der Waals surface area (Å²) in [6, 6.07) is 8.16. The summed E-state index contributed by atoms with van der Waals surface area (Å²) in [4.78, 5) is 3.88. The van der Waals surface area contributed by atoms with Crippen LogP contribution in [0.2, 0.25) is 0 Å². The molecule has 0 atom stereocenters. The van der Waals surface area contributed by atoms with Crippen LogP contribution >= 0.6 is 0 Å². The first-order chi connectivity index (χ1) is 5.88. The van der Waals surface area contributed by atoms with E-state index in [0.29, 0.717) is 0 Å². The summed E-state index contributed by atoms with van der Waals surface area (Å²) in [6.45, 7) is 2.07. The van der Waals surface area contributed by atoms with E-state index in [0.717, 1.165) is 5.69 Å². The monoisotopic (exact) mass is 157 g/mol. The molecule has 12 heavy (non-hydrogen) atoms. The zero-order valence-corrected chi connectivity index (χ0v) is 6.86. The number of hydrogen-bond acceptors (Lipinski definition) is 1. The van der Waals surface area contributed by atoms with Crippen LogP contribution in [0.25, 0.3) is 5.69 Å². The largest absolute Gasteiger partial charge is 0.297 e. The summed E-state index contributed by atoms with van der Waals surface area (Å²) in [5.41, 5.74) is 2.36. The van der Waals surface area contributed by atoms with Crippen LogP contribution in [0.4, 0.5) is 0 Å². The SMILES string of the molecule is Cc1ccccc1-n1[c]ncc1. The number of nitrogens with zero attached hydrogens (tertiary/aromatic N) is 2. The second-order valence-electron chi connectivity index (χ2n) is 2.68. The van der Waals surface area contributed by atoms with Gasteiger partial charge >= 0.3 is 0 Å². The van der Waals surface area contributed by atoms with Gasteiger partial charge in [-0.05, 0) is 18.6 Å². The van der Waals surface area contributed by atoms with Crippen LogP contribution in [0.3, 0.4) is 0 Å². The van der Waals surface area contributed by atoms with Crippen LogP contribution in [0.5, 0.6) is 0 Å². The highest BCUT2D eigenvalue weighted by molar-refractivity contribution is 5.39. The number of para-hydroxylation sites is 1. The Hall–Kier alpha value is -1.57. The Kier molecular flexibility index (Phi) is 1.67. The van der Waals surface area contributed by atoms with Gasteiger partial charge in [0.05, 0.1) is 5.69 Å². The van der Waals surface area contributed by atoms with Crippen molar-refractivity contribution in [1.82, 2.24) is 9.55 Å². The zero-order valence-electron chi connectivity index (χ0n) is 6.86. The Bertz CT molecular complexity index is 363. The van der Waals surface area contributed by atoms with Gasteiger partial charge in [0, 0.05) is 12.4 Å². The summed E-state index contributed by atoms with van der Waals surface area (Å²) < 4.78 is 1.88. The molecule has 59 valence electrons. The number of rotatable bonds is 1. The third-order valence-electron chi connectivity index (χ3n) is 1.83. The number of aryl methyl sites for hydroxylation is 1. The van der Waals surface area contributed by atoms with Gasteiger partial charge in [-0.2, -0.15) is 0 Å². The third kappa shape index (κ3) is 1.11. The molecule has 2 nitrogen and oxygen atoms in total. The number of imidazole rings is 1. The van der Waals surface area contributed by atoms with E-state index in [9.17, 15) is 0 Å². The predicted molar refractivity (Wildman–Crippen MR) is 47.1 cm³/mol. The van der Waals surface area contributed by atoms with Crippen LogP contribution in [0, 0.1) is 13.3 Å². The average Bonchev–Trinajstić information content (AvgIpc) is 2.57. The molecule has 0 N–H and O–H groups in total. The maximum absolute atomic E-state index is 3.88. The molecular formula is C10H9N2. The van der Waals surface area contributed by atoms with Gasteiger partial charge in [0.25, 0.3) is 0 Å². The molecule has 0 bridgehead atoms. The molecule has 0 aliphatic rings. The topological polar surface area (TPSA) is 17.8 Å². The molecule has 0 fully saturated rings. The Morgan fingerprint density at radius 2 is 2.17 bits per heavy atom. The van der Waals surface area contributed by atoms with Crippen molar-refractivity contribution in [2.45, 2.75) is 6.92 Å². The van der Waals surface area contributed by atoms with E-state index < -0.39 is 0 Å². The molecule has 1 radical (unpaired) electrons. The van der Waals surface area contributed by atoms with Crippen LogP contribution in [0.15, 0.2) is 36.7 Å². The minimum Gasteiger partial charge on any atom is -0.297 e. The van der Waals surface area contributed by atoms with Crippen molar-refractivity contribution in [2.75, 3.05) is 0 Å². The van der Waals surface area contributed by atoms with Crippen molar-refractivity contribution in [3.63, 3.8) is 0 Å². The molecule has 2 rings (SSSR count). The highest BCUT2D eigenvalue weighted by Gasteiger charge is 1.97. The van der Waals surface area contributed by atoms with Crippen LogP contribution in [0.1, 0.15) is 5.56 Å². The molecule has 0 amide bonds. The van der Waals surface area contributed by atoms with Crippen molar-refractivity contribution < 1.29 is 0 Å². The predicted octanol–water partition coefficient (Wildman–Crippen LogP) is 1.98. The van der Waals surface area contributed by atoms with Gasteiger partial charge in [0.2, 0.25) is 0 Å². The summed E-state index contributed by atoms with van der Waals surface area (Å²) >= 11 is 0. The molecule has 0 spiro atoms. The van der Waals surface area contributed by atoms with Crippen molar-refractivity contribution in [3.05, 3.63) is 48.5 Å². The molecule has 1 aromatic carbocycles. The van der Waals surface area contributed by atoms with E-state index in [1.165, 1.54) is 5.56 Å². The van der Waals surface area contributed by atoms with E-state index in [2.05, 4.69) is 24.3 Å². The van der Waals surface area contributed by atoms with E-state index in [4.69, 9.17) is 0 Å². The Balaban J connectivity index is 2.55. The van der Waals surface area contributed by atoms with Crippen molar-refractivity contribution in [1.29, 1.82) is 0 Å². The van der Waals surface area contributed by atoms with Crippen molar-refractivity contribution in [2.24, 2.45) is 0 Å². The molecule has 0 unspecified atom stereocenters. The van der Waals surface area contributed by atoms with Gasteiger partial charge in [-0.3, -0.25) is 4.57 Å². The van der Waals surface area contributed by atoms with E-state index >= 15 is 0 Å². The van der Waals surface area contributed by atoms with Gasteiger partial charge in [0.1, 0.15) is 0 Å². The zero-order chi connectivity index (χ0) is 8.39. The Morgan fingerprint density at radius 3 is 2.83 bits per heavy atom. The van der Waals surface area contributed by atoms with Crippen LogP contribution in [-0.4, -0.2) is 9.55 Å². The van der Waals surface area contributed by atoms with E-state index in [-0.39, 0.29) is 0 Å². The van der Waals surface area contributed by atoms with Gasteiger partial charge in [-0.15, -0.1) is 0 Å². The first kappa shape index (κ1) is 7.10.